The molecule has 0 saturated carbocycles. The van der Waals surface area contributed by atoms with Crippen LogP contribution in [0, 0.1) is 0 Å². The Balaban J connectivity index is 4.08. The fraction of sp³-hybridized carbons (Fsp3) is 0.917. The Morgan fingerprint density at radius 1 is 1.25 bits per heavy atom. The Morgan fingerprint density at radius 2 is 1.81 bits per heavy atom. The summed E-state index contributed by atoms with van der Waals surface area (Å²) in [6, 6.07) is 0. The van der Waals surface area contributed by atoms with Crippen LogP contribution in [0.25, 0.3) is 0 Å². The molecule has 16 heavy (non-hydrogen) atoms. The maximum absolute atomic E-state index is 11.6. The van der Waals surface area contributed by atoms with E-state index in [1.807, 2.05) is 34.6 Å². The minimum absolute atomic E-state index is 0.0744. The van der Waals surface area contributed by atoms with Crippen molar-refractivity contribution in [1.82, 2.24) is 5.32 Å². The summed E-state index contributed by atoms with van der Waals surface area (Å²) in [5.74, 6) is -0.0834. The minimum atomic E-state index is -0.395. The molecule has 0 spiro atoms. The first-order valence-electron chi connectivity index (χ1n) is 5.93. The van der Waals surface area contributed by atoms with Gasteiger partial charge >= 0.3 is 0 Å². The average molecular weight is 230 g/mol. The van der Waals surface area contributed by atoms with Crippen LogP contribution in [0.15, 0.2) is 0 Å². The molecular formula is C12H26N2O2. The zero-order chi connectivity index (χ0) is 12.8. The molecule has 0 aliphatic heterocycles. The van der Waals surface area contributed by atoms with E-state index >= 15 is 0 Å². The molecule has 1 atom stereocenters. The van der Waals surface area contributed by atoms with Crippen LogP contribution in [0.5, 0.6) is 0 Å². The zero-order valence-electron chi connectivity index (χ0n) is 11.2. The van der Waals surface area contributed by atoms with E-state index in [1.165, 1.54) is 0 Å². The highest BCUT2D eigenvalue weighted by atomic mass is 16.5. The molecule has 0 bridgehead atoms. The molecule has 4 heteroatoms. The maximum Gasteiger partial charge on any atom is 0.246 e. The van der Waals surface area contributed by atoms with Gasteiger partial charge in [0, 0.05) is 12.1 Å². The number of carbonyl (C=O) groups excluding carboxylic acids is 1. The summed E-state index contributed by atoms with van der Waals surface area (Å²) in [6.45, 7) is 10.4. The maximum atomic E-state index is 11.6. The van der Waals surface area contributed by atoms with E-state index in [1.54, 1.807) is 0 Å². The van der Waals surface area contributed by atoms with E-state index < -0.39 is 5.60 Å². The van der Waals surface area contributed by atoms with Crippen molar-refractivity contribution in [2.24, 2.45) is 5.73 Å². The van der Waals surface area contributed by atoms with E-state index in [4.69, 9.17) is 10.5 Å². The van der Waals surface area contributed by atoms with Crippen LogP contribution in [0.3, 0.4) is 0 Å². The molecule has 0 rings (SSSR count). The molecule has 0 saturated heterocycles. The summed E-state index contributed by atoms with van der Waals surface area (Å²) in [4.78, 5) is 11.6. The van der Waals surface area contributed by atoms with Crippen LogP contribution < -0.4 is 11.1 Å². The number of hydrogen-bond donors (Lipinski definition) is 2. The number of ether oxygens (including phenoxy) is 1. The number of hydrogen-bond acceptors (Lipinski definition) is 3. The standard InChI is InChI=1S/C12H26N2O2/c1-6-11(3,4)14-10(15)8-16-12(5,7-2)9-13/h6-9,13H2,1-5H3,(H,14,15). The van der Waals surface area contributed by atoms with Gasteiger partial charge in [0.15, 0.2) is 0 Å². The zero-order valence-corrected chi connectivity index (χ0v) is 11.2. The summed E-state index contributed by atoms with van der Waals surface area (Å²) in [5.41, 5.74) is 5.03. The van der Waals surface area contributed by atoms with E-state index in [0.29, 0.717) is 6.54 Å². The van der Waals surface area contributed by atoms with E-state index in [-0.39, 0.29) is 18.1 Å². The monoisotopic (exact) mass is 230 g/mol. The van der Waals surface area contributed by atoms with Crippen molar-refractivity contribution in [2.45, 2.75) is 58.6 Å². The van der Waals surface area contributed by atoms with Crippen LogP contribution >= 0.6 is 0 Å². The van der Waals surface area contributed by atoms with Gasteiger partial charge in [-0.2, -0.15) is 0 Å². The molecule has 0 aromatic heterocycles. The Bertz CT molecular complexity index is 223. The molecule has 1 unspecified atom stereocenters. The molecule has 4 nitrogen and oxygen atoms in total. The van der Waals surface area contributed by atoms with Gasteiger partial charge in [0.2, 0.25) is 5.91 Å². The van der Waals surface area contributed by atoms with Gasteiger partial charge in [-0.25, -0.2) is 0 Å². The molecule has 0 radical (unpaired) electrons. The fourth-order valence-electron chi connectivity index (χ4n) is 1.05. The normalized spacial score (nSPS) is 15.6. The van der Waals surface area contributed by atoms with Crippen LogP contribution in [0.2, 0.25) is 0 Å². The van der Waals surface area contributed by atoms with Gasteiger partial charge in [-0.05, 0) is 33.6 Å². The first-order valence-corrected chi connectivity index (χ1v) is 5.93. The number of nitrogens with one attached hydrogen (secondary N) is 1. The predicted molar refractivity (Wildman–Crippen MR) is 66.2 cm³/mol. The van der Waals surface area contributed by atoms with Gasteiger partial charge in [-0.15, -0.1) is 0 Å². The Morgan fingerprint density at radius 3 is 2.19 bits per heavy atom. The lowest BCUT2D eigenvalue weighted by Crippen LogP contribution is -2.46. The fourth-order valence-corrected chi connectivity index (χ4v) is 1.05. The van der Waals surface area contributed by atoms with Crippen LogP contribution in [-0.4, -0.2) is 30.2 Å². The van der Waals surface area contributed by atoms with Crippen molar-refractivity contribution in [3.63, 3.8) is 0 Å². The summed E-state index contributed by atoms with van der Waals surface area (Å²) in [6.07, 6.45) is 1.69. The highest BCUT2D eigenvalue weighted by Crippen LogP contribution is 2.13. The van der Waals surface area contributed by atoms with Crippen molar-refractivity contribution in [2.75, 3.05) is 13.2 Å². The molecular weight excluding hydrogens is 204 g/mol. The molecule has 1 amide bonds. The van der Waals surface area contributed by atoms with Crippen molar-refractivity contribution >= 4 is 5.91 Å². The Labute approximate surface area is 98.9 Å². The third-order valence-corrected chi connectivity index (χ3v) is 3.09. The number of carbonyl (C=O) groups is 1. The van der Waals surface area contributed by atoms with Crippen LogP contribution in [0.4, 0.5) is 0 Å². The lowest BCUT2D eigenvalue weighted by atomic mass is 10.0. The predicted octanol–water partition coefficient (Wildman–Crippen LogP) is 1.44. The minimum Gasteiger partial charge on any atom is -0.364 e. The number of rotatable bonds is 7. The summed E-state index contributed by atoms with van der Waals surface area (Å²) >= 11 is 0. The van der Waals surface area contributed by atoms with Gasteiger partial charge < -0.3 is 15.8 Å². The second-order valence-corrected chi connectivity index (χ2v) is 5.08. The molecule has 0 heterocycles. The summed E-state index contributed by atoms with van der Waals surface area (Å²) < 4.78 is 5.54. The first kappa shape index (κ1) is 15.4. The second kappa shape index (κ2) is 6.21. The van der Waals surface area contributed by atoms with Gasteiger partial charge in [0.25, 0.3) is 0 Å². The highest BCUT2D eigenvalue weighted by molar-refractivity contribution is 5.78. The lowest BCUT2D eigenvalue weighted by Gasteiger charge is -2.29. The molecule has 0 aromatic carbocycles. The second-order valence-electron chi connectivity index (χ2n) is 5.08. The SMILES string of the molecule is CCC(C)(C)NC(=O)COC(C)(CC)CN. The van der Waals surface area contributed by atoms with Gasteiger partial charge in [0.05, 0.1) is 5.60 Å². The van der Waals surface area contributed by atoms with Crippen molar-refractivity contribution in [3.8, 4) is 0 Å². The van der Waals surface area contributed by atoms with Crippen molar-refractivity contribution in [1.29, 1.82) is 0 Å². The van der Waals surface area contributed by atoms with Gasteiger partial charge in [-0.3, -0.25) is 4.79 Å². The molecule has 96 valence electrons. The molecule has 0 aliphatic carbocycles. The van der Waals surface area contributed by atoms with Crippen LogP contribution in [0.1, 0.15) is 47.5 Å². The van der Waals surface area contributed by atoms with Crippen LogP contribution in [-0.2, 0) is 9.53 Å². The molecule has 0 aliphatic rings. The third-order valence-electron chi connectivity index (χ3n) is 3.09. The van der Waals surface area contributed by atoms with E-state index in [2.05, 4.69) is 5.32 Å². The number of amides is 1. The molecule has 0 fully saturated rings. The van der Waals surface area contributed by atoms with E-state index in [0.717, 1.165) is 12.8 Å². The average Bonchev–Trinajstić information content (AvgIpc) is 2.25. The smallest absolute Gasteiger partial charge is 0.246 e. The third kappa shape index (κ3) is 5.47. The first-order chi connectivity index (χ1) is 7.28. The molecule has 3 N–H and O–H groups in total. The van der Waals surface area contributed by atoms with Crippen molar-refractivity contribution in [3.05, 3.63) is 0 Å². The summed E-state index contributed by atoms with van der Waals surface area (Å²) in [5, 5.41) is 2.92. The lowest BCUT2D eigenvalue weighted by molar-refractivity contribution is -0.133. The van der Waals surface area contributed by atoms with Crippen molar-refractivity contribution < 1.29 is 9.53 Å². The molecule has 0 aromatic rings. The summed E-state index contributed by atoms with van der Waals surface area (Å²) in [7, 11) is 0. The van der Waals surface area contributed by atoms with E-state index in [9.17, 15) is 4.79 Å². The Hall–Kier alpha value is -0.610. The largest absolute Gasteiger partial charge is 0.364 e. The quantitative estimate of drug-likeness (QED) is 0.695. The van der Waals surface area contributed by atoms with Gasteiger partial charge in [-0.1, -0.05) is 13.8 Å². The number of nitrogens with two attached hydrogens (primary N) is 1. The Kier molecular flexibility index (Phi) is 5.97. The topological polar surface area (TPSA) is 64.3 Å². The van der Waals surface area contributed by atoms with Gasteiger partial charge in [0.1, 0.15) is 6.61 Å². The highest BCUT2D eigenvalue weighted by Gasteiger charge is 2.23.